The molecule has 0 spiro atoms. The van der Waals surface area contributed by atoms with E-state index in [1.165, 1.54) is 0 Å². The van der Waals surface area contributed by atoms with Gasteiger partial charge < -0.3 is 10.1 Å². The van der Waals surface area contributed by atoms with Crippen LogP contribution in [0.15, 0.2) is 54.6 Å². The summed E-state index contributed by atoms with van der Waals surface area (Å²) in [5, 5.41) is 3.00. The smallest absolute Gasteiger partial charge is 0.343 e. The van der Waals surface area contributed by atoms with Crippen LogP contribution >= 0.6 is 12.2 Å². The van der Waals surface area contributed by atoms with Gasteiger partial charge in [-0.2, -0.15) is 0 Å². The highest BCUT2D eigenvalue weighted by atomic mass is 32.1. The summed E-state index contributed by atoms with van der Waals surface area (Å²) in [7, 11) is 0. The molecule has 0 aromatic heterocycles. The lowest BCUT2D eigenvalue weighted by molar-refractivity contribution is 0.0735. The molecule has 4 heteroatoms. The maximum Gasteiger partial charge on any atom is 0.343 e. The minimum atomic E-state index is -0.378. The lowest BCUT2D eigenvalue weighted by atomic mass is 10.2. The summed E-state index contributed by atoms with van der Waals surface area (Å²) in [5.41, 5.74) is 1.32. The molecule has 0 atom stereocenters. The first-order valence-corrected chi connectivity index (χ1v) is 6.21. The molecule has 0 saturated carbocycles. The van der Waals surface area contributed by atoms with Gasteiger partial charge in [0.05, 0.1) is 10.6 Å². The summed E-state index contributed by atoms with van der Waals surface area (Å²) in [6, 6.07) is 16.0. The number of carbonyl (C=O) groups excluding carboxylic acids is 1. The molecule has 2 aromatic rings. The van der Waals surface area contributed by atoms with Crippen molar-refractivity contribution in [2.45, 2.75) is 6.92 Å². The average molecular weight is 271 g/mol. The monoisotopic (exact) mass is 271 g/mol. The fourth-order valence-electron chi connectivity index (χ4n) is 1.58. The first-order valence-electron chi connectivity index (χ1n) is 5.80. The maximum atomic E-state index is 11.9. The standard InChI is InChI=1S/C15H13NO2S/c1-11(19)16-13-8-5-9-14(10-13)18-15(17)12-6-3-2-4-7-12/h2-10H,1H3,(H,16,19). The quantitative estimate of drug-likeness (QED) is 0.525. The number of hydrogen-bond acceptors (Lipinski definition) is 3. The molecule has 0 fully saturated rings. The molecule has 0 amide bonds. The Morgan fingerprint density at radius 1 is 1.11 bits per heavy atom. The second-order valence-electron chi connectivity index (χ2n) is 3.96. The summed E-state index contributed by atoms with van der Waals surface area (Å²) in [6.45, 7) is 1.79. The van der Waals surface area contributed by atoms with Gasteiger partial charge in [0.25, 0.3) is 0 Å². The number of benzene rings is 2. The SMILES string of the molecule is CC(=S)Nc1cccc(OC(=O)c2ccccc2)c1. The largest absolute Gasteiger partial charge is 0.423 e. The highest BCUT2D eigenvalue weighted by Gasteiger charge is 2.07. The molecule has 0 heterocycles. The molecule has 0 aliphatic heterocycles. The van der Waals surface area contributed by atoms with Gasteiger partial charge in [-0.3, -0.25) is 0 Å². The van der Waals surface area contributed by atoms with Gasteiger partial charge in [-0.05, 0) is 31.2 Å². The molecular weight excluding hydrogens is 258 g/mol. The van der Waals surface area contributed by atoms with Crippen LogP contribution in [0.25, 0.3) is 0 Å². The molecule has 0 saturated heterocycles. The van der Waals surface area contributed by atoms with Gasteiger partial charge in [-0.1, -0.05) is 36.5 Å². The lowest BCUT2D eigenvalue weighted by Crippen LogP contribution is -2.09. The van der Waals surface area contributed by atoms with E-state index < -0.39 is 0 Å². The Kier molecular flexibility index (Phi) is 4.26. The molecule has 96 valence electrons. The molecule has 0 bridgehead atoms. The first-order chi connectivity index (χ1) is 9.15. The van der Waals surface area contributed by atoms with Gasteiger partial charge in [-0.25, -0.2) is 4.79 Å². The molecule has 0 unspecified atom stereocenters. The third kappa shape index (κ3) is 3.89. The fourth-order valence-corrected chi connectivity index (χ4v) is 1.70. The maximum absolute atomic E-state index is 11.9. The third-order valence-corrected chi connectivity index (χ3v) is 2.48. The van der Waals surface area contributed by atoms with E-state index in [9.17, 15) is 4.79 Å². The number of anilines is 1. The Balaban J connectivity index is 2.11. The predicted octanol–water partition coefficient (Wildman–Crippen LogP) is 3.67. The summed E-state index contributed by atoms with van der Waals surface area (Å²) in [5.74, 6) is 0.104. The number of ether oxygens (including phenoxy) is 1. The summed E-state index contributed by atoms with van der Waals surface area (Å²) in [6.07, 6.45) is 0. The number of esters is 1. The van der Waals surface area contributed by atoms with E-state index in [-0.39, 0.29) is 5.97 Å². The van der Waals surface area contributed by atoms with Crippen LogP contribution in [-0.2, 0) is 0 Å². The van der Waals surface area contributed by atoms with Crippen molar-refractivity contribution >= 4 is 28.9 Å². The molecule has 1 N–H and O–H groups in total. The Hall–Kier alpha value is -2.20. The molecule has 0 radical (unpaired) electrons. The Bertz CT molecular complexity index is 596. The topological polar surface area (TPSA) is 38.3 Å². The lowest BCUT2D eigenvalue weighted by Gasteiger charge is -2.07. The van der Waals surface area contributed by atoms with Crippen molar-refractivity contribution in [3.63, 3.8) is 0 Å². The van der Waals surface area contributed by atoms with Gasteiger partial charge in [-0.15, -0.1) is 0 Å². The summed E-state index contributed by atoms with van der Waals surface area (Å²) in [4.78, 5) is 12.5. The van der Waals surface area contributed by atoms with Crippen molar-refractivity contribution in [2.24, 2.45) is 0 Å². The van der Waals surface area contributed by atoms with E-state index in [0.717, 1.165) is 5.69 Å². The number of nitrogens with one attached hydrogen (secondary N) is 1. The van der Waals surface area contributed by atoms with E-state index in [4.69, 9.17) is 17.0 Å². The second-order valence-corrected chi connectivity index (χ2v) is 4.58. The Morgan fingerprint density at radius 2 is 1.84 bits per heavy atom. The number of rotatable bonds is 3. The third-order valence-electron chi connectivity index (χ3n) is 2.37. The zero-order chi connectivity index (χ0) is 13.7. The summed E-state index contributed by atoms with van der Waals surface area (Å²) >= 11 is 4.97. The molecule has 0 aliphatic carbocycles. The van der Waals surface area contributed by atoms with Crippen LogP contribution in [0.3, 0.4) is 0 Å². The predicted molar refractivity (Wildman–Crippen MR) is 79.7 cm³/mol. The fraction of sp³-hybridized carbons (Fsp3) is 0.0667. The van der Waals surface area contributed by atoms with Crippen molar-refractivity contribution in [3.05, 3.63) is 60.2 Å². The molecule has 2 rings (SSSR count). The minimum absolute atomic E-state index is 0.378. The molecule has 3 nitrogen and oxygen atoms in total. The Labute approximate surface area is 117 Å². The van der Waals surface area contributed by atoms with E-state index >= 15 is 0 Å². The van der Waals surface area contributed by atoms with Crippen molar-refractivity contribution < 1.29 is 9.53 Å². The zero-order valence-electron chi connectivity index (χ0n) is 10.4. The van der Waals surface area contributed by atoms with E-state index in [1.807, 2.05) is 12.1 Å². The van der Waals surface area contributed by atoms with Crippen LogP contribution in [0.4, 0.5) is 5.69 Å². The van der Waals surface area contributed by atoms with E-state index in [1.54, 1.807) is 49.4 Å². The van der Waals surface area contributed by atoms with Crippen LogP contribution in [0.2, 0.25) is 0 Å². The first kappa shape index (κ1) is 13.2. The summed E-state index contributed by atoms with van der Waals surface area (Å²) < 4.78 is 5.30. The zero-order valence-corrected chi connectivity index (χ0v) is 11.2. The van der Waals surface area contributed by atoms with Gasteiger partial charge >= 0.3 is 5.97 Å². The normalized spacial score (nSPS) is 9.74. The molecular formula is C15H13NO2S. The van der Waals surface area contributed by atoms with Crippen LogP contribution in [0.1, 0.15) is 17.3 Å². The van der Waals surface area contributed by atoms with Crippen molar-refractivity contribution in [1.29, 1.82) is 0 Å². The number of carbonyl (C=O) groups is 1. The van der Waals surface area contributed by atoms with Gasteiger partial charge in [0, 0.05) is 11.8 Å². The average Bonchev–Trinajstić information content (AvgIpc) is 2.39. The van der Waals surface area contributed by atoms with Gasteiger partial charge in [0.15, 0.2) is 0 Å². The van der Waals surface area contributed by atoms with Crippen LogP contribution < -0.4 is 10.1 Å². The number of hydrogen-bond donors (Lipinski definition) is 1. The van der Waals surface area contributed by atoms with Gasteiger partial charge in [0.2, 0.25) is 0 Å². The van der Waals surface area contributed by atoms with Crippen LogP contribution in [0.5, 0.6) is 5.75 Å². The van der Waals surface area contributed by atoms with Crippen molar-refractivity contribution in [2.75, 3.05) is 5.32 Å². The van der Waals surface area contributed by atoms with E-state index in [2.05, 4.69) is 5.32 Å². The minimum Gasteiger partial charge on any atom is -0.423 e. The highest BCUT2D eigenvalue weighted by Crippen LogP contribution is 2.18. The van der Waals surface area contributed by atoms with Crippen LogP contribution in [-0.4, -0.2) is 11.0 Å². The molecule has 19 heavy (non-hydrogen) atoms. The second kappa shape index (κ2) is 6.11. The highest BCUT2D eigenvalue weighted by molar-refractivity contribution is 7.80. The Morgan fingerprint density at radius 3 is 2.53 bits per heavy atom. The number of thiocarbonyl (C=S) groups is 1. The molecule has 2 aromatic carbocycles. The van der Waals surface area contributed by atoms with E-state index in [0.29, 0.717) is 16.3 Å². The van der Waals surface area contributed by atoms with Crippen LogP contribution in [0, 0.1) is 0 Å². The van der Waals surface area contributed by atoms with Gasteiger partial charge in [0.1, 0.15) is 5.75 Å². The van der Waals surface area contributed by atoms with Crippen molar-refractivity contribution in [1.82, 2.24) is 0 Å². The molecule has 0 aliphatic rings. The van der Waals surface area contributed by atoms with Crippen molar-refractivity contribution in [3.8, 4) is 5.75 Å².